The Labute approximate surface area is 64.7 Å². The fourth-order valence-electron chi connectivity index (χ4n) is 0.690. The van der Waals surface area contributed by atoms with Gasteiger partial charge in [-0.25, -0.2) is 4.98 Å². The van der Waals surface area contributed by atoms with Gasteiger partial charge in [0.15, 0.2) is 5.82 Å². The van der Waals surface area contributed by atoms with Crippen molar-refractivity contribution in [1.82, 2.24) is 4.98 Å². The van der Waals surface area contributed by atoms with Gasteiger partial charge in [0.1, 0.15) is 0 Å². The van der Waals surface area contributed by atoms with Crippen LogP contribution in [0, 0.1) is 0 Å². The Morgan fingerprint density at radius 2 is 2.60 bits per heavy atom. The molecule has 0 spiro atoms. The molecule has 0 saturated carbocycles. The van der Waals surface area contributed by atoms with Gasteiger partial charge in [0, 0.05) is 24.3 Å². The van der Waals surface area contributed by atoms with Crippen molar-refractivity contribution in [2.75, 3.05) is 24.7 Å². The second-order valence-electron chi connectivity index (χ2n) is 1.98. The topological polar surface area (TPSA) is 42.2 Å². The minimum absolute atomic E-state index is 0.280. The van der Waals surface area contributed by atoms with Crippen molar-refractivity contribution in [1.29, 1.82) is 0 Å². The maximum Gasteiger partial charge on any atom is 0.151 e. The molecule has 1 rings (SSSR count). The third-order valence-electron chi connectivity index (χ3n) is 1.13. The number of hydrogen-bond acceptors (Lipinski definition) is 3. The predicted octanol–water partition coefficient (Wildman–Crippen LogP) is 0.730. The van der Waals surface area contributed by atoms with Crippen molar-refractivity contribution in [2.45, 2.75) is 0 Å². The molecular weight excluding hydrogens is 126 g/mol. The van der Waals surface area contributed by atoms with Crippen LogP contribution in [0.1, 0.15) is 4.11 Å². The summed E-state index contributed by atoms with van der Waals surface area (Å²) in [6.45, 7) is -2.21. The van der Waals surface area contributed by atoms with Gasteiger partial charge < -0.3 is 10.6 Å². The van der Waals surface area contributed by atoms with Crippen LogP contribution in [0.2, 0.25) is 0 Å². The zero-order chi connectivity index (χ0) is 10.1. The normalized spacial score (nSPS) is 15.1. The largest absolute Gasteiger partial charge is 0.396 e. The molecule has 0 aliphatic rings. The van der Waals surface area contributed by atoms with Gasteiger partial charge in [0.2, 0.25) is 0 Å². The van der Waals surface area contributed by atoms with E-state index in [2.05, 4.69) is 4.98 Å². The van der Waals surface area contributed by atoms with Crippen molar-refractivity contribution in [3.63, 3.8) is 0 Å². The van der Waals surface area contributed by atoms with Gasteiger partial charge in [-0.15, -0.1) is 0 Å². The Kier molecular flexibility index (Phi) is 0.974. The van der Waals surface area contributed by atoms with Gasteiger partial charge in [-0.1, -0.05) is 0 Å². The van der Waals surface area contributed by atoms with Crippen molar-refractivity contribution < 1.29 is 4.11 Å². The van der Waals surface area contributed by atoms with Crippen molar-refractivity contribution in [2.24, 2.45) is 0 Å². The lowest BCUT2D eigenvalue weighted by atomic mass is 10.4. The van der Waals surface area contributed by atoms with E-state index in [0.717, 1.165) is 4.90 Å². The third kappa shape index (κ3) is 1.18. The van der Waals surface area contributed by atoms with Crippen LogP contribution in [0.15, 0.2) is 18.3 Å². The average molecular weight is 140 g/mol. The van der Waals surface area contributed by atoms with Gasteiger partial charge >= 0.3 is 0 Å². The number of nitrogens with zero attached hydrogens (tertiary/aromatic N) is 2. The van der Waals surface area contributed by atoms with E-state index in [0.29, 0.717) is 5.69 Å². The molecule has 0 aliphatic carbocycles. The molecule has 10 heavy (non-hydrogen) atoms. The summed E-state index contributed by atoms with van der Waals surface area (Å²) in [6, 6.07) is 3.27. The quantitative estimate of drug-likeness (QED) is 0.625. The van der Waals surface area contributed by atoms with Crippen molar-refractivity contribution in [3.8, 4) is 0 Å². The first kappa shape index (κ1) is 3.81. The molecule has 3 nitrogen and oxygen atoms in total. The molecule has 0 bridgehead atoms. The Bertz CT molecular complexity index is 297. The average Bonchev–Trinajstić information content (AvgIpc) is 2.02. The summed E-state index contributed by atoms with van der Waals surface area (Å²) in [5, 5.41) is 0. The smallest absolute Gasteiger partial charge is 0.151 e. The highest BCUT2D eigenvalue weighted by Gasteiger charge is 1.98. The van der Waals surface area contributed by atoms with E-state index in [1.165, 1.54) is 13.2 Å². The summed E-state index contributed by atoms with van der Waals surface area (Å²) >= 11 is 0. The van der Waals surface area contributed by atoms with Crippen LogP contribution in [0.3, 0.4) is 0 Å². The molecule has 0 amide bonds. The SMILES string of the molecule is [2H]C([2H])([2H])N(C)c1ncccc1N. The summed E-state index contributed by atoms with van der Waals surface area (Å²) in [4.78, 5) is 4.96. The molecule has 0 radical (unpaired) electrons. The number of aromatic nitrogens is 1. The number of rotatable bonds is 1. The molecule has 0 unspecified atom stereocenters. The molecule has 0 atom stereocenters. The predicted molar refractivity (Wildman–Crippen MR) is 43.0 cm³/mol. The van der Waals surface area contributed by atoms with Crippen LogP contribution in [0.4, 0.5) is 11.5 Å². The molecule has 1 aromatic rings. The van der Waals surface area contributed by atoms with E-state index in [1.807, 2.05) is 0 Å². The second-order valence-corrected chi connectivity index (χ2v) is 1.98. The minimum atomic E-state index is -2.21. The van der Waals surface area contributed by atoms with Crippen LogP contribution < -0.4 is 10.6 Å². The highest BCUT2D eigenvalue weighted by molar-refractivity contribution is 5.61. The maximum absolute atomic E-state index is 7.14. The molecule has 0 fully saturated rings. The molecular formula is C7H11N3. The lowest BCUT2D eigenvalue weighted by Gasteiger charge is -2.12. The fourth-order valence-corrected chi connectivity index (χ4v) is 0.690. The Hall–Kier alpha value is -1.25. The zero-order valence-electron chi connectivity index (χ0n) is 8.70. The number of pyridine rings is 1. The highest BCUT2D eigenvalue weighted by atomic mass is 15.1. The summed E-state index contributed by atoms with van der Waals surface area (Å²) in [5.41, 5.74) is 5.93. The fraction of sp³-hybridized carbons (Fsp3) is 0.286. The molecule has 0 aliphatic heterocycles. The van der Waals surface area contributed by atoms with Crippen LogP contribution in [0.25, 0.3) is 0 Å². The first-order valence-electron chi connectivity index (χ1n) is 4.37. The van der Waals surface area contributed by atoms with E-state index in [9.17, 15) is 0 Å². The molecule has 0 aromatic carbocycles. The molecule has 1 heterocycles. The van der Waals surface area contributed by atoms with Gasteiger partial charge in [-0.2, -0.15) is 0 Å². The van der Waals surface area contributed by atoms with E-state index in [1.54, 1.807) is 12.1 Å². The third-order valence-corrected chi connectivity index (χ3v) is 1.13. The van der Waals surface area contributed by atoms with Crippen LogP contribution >= 0.6 is 0 Å². The van der Waals surface area contributed by atoms with E-state index < -0.39 is 6.98 Å². The first-order chi connectivity index (χ1) is 5.93. The van der Waals surface area contributed by atoms with Crippen molar-refractivity contribution >= 4 is 11.5 Å². The standard InChI is InChI=1S/C7H11N3/c1-10(2)7-6(8)4-3-5-9-7/h3-5H,8H2,1-2H3/i1D3. The van der Waals surface area contributed by atoms with Gasteiger partial charge in [-0.05, 0) is 12.1 Å². The monoisotopic (exact) mass is 140 g/mol. The highest BCUT2D eigenvalue weighted by Crippen LogP contribution is 2.14. The van der Waals surface area contributed by atoms with E-state index in [-0.39, 0.29) is 5.82 Å². The Balaban J connectivity index is 3.02. The van der Waals surface area contributed by atoms with Gasteiger partial charge in [0.05, 0.1) is 5.69 Å². The van der Waals surface area contributed by atoms with Crippen LogP contribution in [-0.2, 0) is 0 Å². The lowest BCUT2D eigenvalue weighted by Crippen LogP contribution is -2.12. The second kappa shape index (κ2) is 2.56. The molecule has 1 aromatic heterocycles. The summed E-state index contributed by atoms with van der Waals surface area (Å²) < 4.78 is 21.4. The van der Waals surface area contributed by atoms with Crippen LogP contribution in [0.5, 0.6) is 0 Å². The Morgan fingerprint density at radius 1 is 1.80 bits per heavy atom. The molecule has 54 valence electrons. The molecule has 3 heteroatoms. The molecule has 0 saturated heterocycles. The number of nitrogens with two attached hydrogens (primary N) is 1. The Morgan fingerprint density at radius 3 is 3.20 bits per heavy atom. The first-order valence-corrected chi connectivity index (χ1v) is 2.87. The van der Waals surface area contributed by atoms with E-state index >= 15 is 0 Å². The number of nitrogen functional groups attached to an aromatic ring is 1. The number of anilines is 2. The van der Waals surface area contributed by atoms with Gasteiger partial charge in [0.25, 0.3) is 0 Å². The summed E-state index contributed by atoms with van der Waals surface area (Å²) in [5.74, 6) is 0.280. The zero-order valence-corrected chi connectivity index (χ0v) is 5.70. The number of hydrogen-bond donors (Lipinski definition) is 1. The van der Waals surface area contributed by atoms with Crippen LogP contribution in [-0.4, -0.2) is 19.0 Å². The lowest BCUT2D eigenvalue weighted by molar-refractivity contribution is 1.07. The maximum atomic E-state index is 7.14. The summed E-state index contributed by atoms with van der Waals surface area (Å²) in [6.07, 6.45) is 1.51. The van der Waals surface area contributed by atoms with Gasteiger partial charge in [-0.3, -0.25) is 0 Å². The molecule has 2 N–H and O–H groups in total. The van der Waals surface area contributed by atoms with E-state index in [4.69, 9.17) is 9.85 Å². The minimum Gasteiger partial charge on any atom is -0.396 e. The van der Waals surface area contributed by atoms with Crippen molar-refractivity contribution in [3.05, 3.63) is 18.3 Å². The summed E-state index contributed by atoms with van der Waals surface area (Å²) in [7, 11) is 1.44.